The zero-order chi connectivity index (χ0) is 11.6. The number of carboxylic acids is 1. The second-order valence-electron chi connectivity index (χ2n) is 3.94. The summed E-state index contributed by atoms with van der Waals surface area (Å²) in [4.78, 5) is 22.3. The Kier molecular flexibility index (Phi) is 2.64. The number of ether oxygens (including phenoxy) is 1. The Bertz CT molecular complexity index is 412. The van der Waals surface area contributed by atoms with E-state index >= 15 is 0 Å². The molecule has 0 radical (unpaired) electrons. The molecule has 4 heteroatoms. The Morgan fingerprint density at radius 2 is 2.06 bits per heavy atom. The molecular formula is C12H12O4. The number of carboxylic acid groups (broad SMARTS) is 1. The summed E-state index contributed by atoms with van der Waals surface area (Å²) in [6, 6.07) is 9.19. The molecule has 1 fully saturated rings. The van der Waals surface area contributed by atoms with Gasteiger partial charge in [0.1, 0.15) is 0 Å². The summed E-state index contributed by atoms with van der Waals surface area (Å²) >= 11 is 0. The fraction of sp³-hybridized carbons (Fsp3) is 0.333. The minimum absolute atomic E-state index is 0.180. The summed E-state index contributed by atoms with van der Waals surface area (Å²) in [5.41, 5.74) is -0.502. The maximum atomic E-state index is 11.2. The number of hydrogen-bond donors (Lipinski definition) is 1. The van der Waals surface area contributed by atoms with Crippen LogP contribution in [0.3, 0.4) is 0 Å². The van der Waals surface area contributed by atoms with Gasteiger partial charge in [0.2, 0.25) is 5.60 Å². The lowest BCUT2D eigenvalue weighted by atomic mass is 9.92. The van der Waals surface area contributed by atoms with Gasteiger partial charge in [0.15, 0.2) is 0 Å². The molecule has 1 aliphatic heterocycles. The van der Waals surface area contributed by atoms with E-state index in [-0.39, 0.29) is 19.3 Å². The summed E-state index contributed by atoms with van der Waals surface area (Å²) in [5.74, 6) is -1.50. The van der Waals surface area contributed by atoms with E-state index in [1.54, 1.807) is 0 Å². The Morgan fingerprint density at radius 1 is 1.38 bits per heavy atom. The van der Waals surface area contributed by atoms with Crippen molar-refractivity contribution in [1.29, 1.82) is 0 Å². The molecule has 4 nitrogen and oxygen atoms in total. The summed E-state index contributed by atoms with van der Waals surface area (Å²) < 4.78 is 4.98. The van der Waals surface area contributed by atoms with Crippen LogP contribution < -0.4 is 0 Å². The molecule has 1 heterocycles. The van der Waals surface area contributed by atoms with Gasteiger partial charge in [-0.3, -0.25) is 4.79 Å². The highest BCUT2D eigenvalue weighted by atomic mass is 16.6. The van der Waals surface area contributed by atoms with Gasteiger partial charge >= 0.3 is 11.9 Å². The van der Waals surface area contributed by atoms with Crippen LogP contribution in [0.1, 0.15) is 18.4 Å². The predicted molar refractivity (Wildman–Crippen MR) is 55.8 cm³/mol. The van der Waals surface area contributed by atoms with Crippen LogP contribution in [0, 0.1) is 0 Å². The van der Waals surface area contributed by atoms with E-state index in [0.29, 0.717) is 0 Å². The minimum atomic E-state index is -1.36. The van der Waals surface area contributed by atoms with E-state index in [9.17, 15) is 9.59 Å². The van der Waals surface area contributed by atoms with Crippen molar-refractivity contribution in [3.8, 4) is 0 Å². The van der Waals surface area contributed by atoms with Crippen LogP contribution in [0.25, 0.3) is 0 Å². The number of esters is 1. The molecule has 1 aliphatic rings. The van der Waals surface area contributed by atoms with Gasteiger partial charge in [-0.25, -0.2) is 4.79 Å². The Hall–Kier alpha value is -1.84. The van der Waals surface area contributed by atoms with Crippen molar-refractivity contribution in [2.75, 3.05) is 0 Å². The molecule has 0 bridgehead atoms. The van der Waals surface area contributed by atoms with Crippen LogP contribution in [-0.4, -0.2) is 22.6 Å². The van der Waals surface area contributed by atoms with Gasteiger partial charge in [0, 0.05) is 19.3 Å². The van der Waals surface area contributed by atoms with E-state index < -0.39 is 17.5 Å². The average Bonchev–Trinajstić information content (AvgIpc) is 2.63. The molecule has 1 atom stereocenters. The standard InChI is InChI=1S/C12H12O4/c13-10-6-7-12(16-10,11(14)15)8-9-4-2-1-3-5-9/h1-5H,6-8H2,(H,14,15). The highest BCUT2D eigenvalue weighted by molar-refractivity contribution is 5.85. The lowest BCUT2D eigenvalue weighted by molar-refractivity contribution is -0.169. The number of cyclic esters (lactones) is 1. The molecule has 1 aromatic rings. The molecule has 0 amide bonds. The maximum absolute atomic E-state index is 11.2. The second kappa shape index (κ2) is 3.96. The minimum Gasteiger partial charge on any atom is -0.478 e. The van der Waals surface area contributed by atoms with Crippen LogP contribution in [-0.2, 0) is 20.7 Å². The van der Waals surface area contributed by atoms with Gasteiger partial charge in [-0.1, -0.05) is 30.3 Å². The highest BCUT2D eigenvalue weighted by Gasteiger charge is 2.47. The van der Waals surface area contributed by atoms with Crippen molar-refractivity contribution in [3.63, 3.8) is 0 Å². The van der Waals surface area contributed by atoms with Gasteiger partial charge in [-0.15, -0.1) is 0 Å². The SMILES string of the molecule is O=C1CCC(Cc2ccccc2)(C(=O)O)O1. The van der Waals surface area contributed by atoms with Crippen molar-refractivity contribution >= 4 is 11.9 Å². The van der Waals surface area contributed by atoms with Gasteiger partial charge in [0.05, 0.1) is 0 Å². The van der Waals surface area contributed by atoms with E-state index in [0.717, 1.165) is 5.56 Å². The zero-order valence-electron chi connectivity index (χ0n) is 8.68. The number of carbonyl (C=O) groups excluding carboxylic acids is 1. The normalized spacial score (nSPS) is 24.1. The summed E-state index contributed by atoms with van der Waals surface area (Å²) in [6.45, 7) is 0. The van der Waals surface area contributed by atoms with Crippen molar-refractivity contribution < 1.29 is 19.4 Å². The highest BCUT2D eigenvalue weighted by Crippen LogP contribution is 2.30. The van der Waals surface area contributed by atoms with Crippen molar-refractivity contribution in [2.45, 2.75) is 24.9 Å². The molecule has 0 aromatic heterocycles. The molecule has 0 aliphatic carbocycles. The first-order valence-electron chi connectivity index (χ1n) is 5.12. The van der Waals surface area contributed by atoms with E-state index in [2.05, 4.69) is 0 Å². The molecule has 0 spiro atoms. The summed E-state index contributed by atoms with van der Waals surface area (Å²) in [6.07, 6.45) is 0.657. The van der Waals surface area contributed by atoms with Gasteiger partial charge in [-0.05, 0) is 5.56 Å². The molecule has 1 N–H and O–H groups in total. The van der Waals surface area contributed by atoms with Crippen molar-refractivity contribution in [1.82, 2.24) is 0 Å². The Labute approximate surface area is 92.8 Å². The summed E-state index contributed by atoms with van der Waals surface area (Å²) in [7, 11) is 0. The number of hydrogen-bond acceptors (Lipinski definition) is 3. The van der Waals surface area contributed by atoms with Gasteiger partial charge < -0.3 is 9.84 Å². The molecule has 1 unspecified atom stereocenters. The molecule has 16 heavy (non-hydrogen) atoms. The third-order valence-corrected chi connectivity index (χ3v) is 2.76. The topological polar surface area (TPSA) is 63.6 Å². The van der Waals surface area contributed by atoms with Crippen LogP contribution >= 0.6 is 0 Å². The quantitative estimate of drug-likeness (QED) is 0.782. The van der Waals surface area contributed by atoms with Gasteiger partial charge in [0.25, 0.3) is 0 Å². The Balaban J connectivity index is 2.22. The molecule has 0 saturated carbocycles. The number of benzene rings is 1. The zero-order valence-corrected chi connectivity index (χ0v) is 8.68. The molecular weight excluding hydrogens is 208 g/mol. The largest absolute Gasteiger partial charge is 0.478 e. The third kappa shape index (κ3) is 1.91. The number of aliphatic carboxylic acids is 1. The monoisotopic (exact) mass is 220 g/mol. The van der Waals surface area contributed by atoms with Gasteiger partial charge in [-0.2, -0.15) is 0 Å². The van der Waals surface area contributed by atoms with Crippen LogP contribution in [0.4, 0.5) is 0 Å². The molecule has 1 saturated heterocycles. The van der Waals surface area contributed by atoms with Crippen LogP contribution in [0.2, 0.25) is 0 Å². The number of carbonyl (C=O) groups is 2. The molecule has 84 valence electrons. The lowest BCUT2D eigenvalue weighted by Gasteiger charge is -2.22. The first-order valence-corrected chi connectivity index (χ1v) is 5.12. The number of rotatable bonds is 3. The molecule has 2 rings (SSSR count). The average molecular weight is 220 g/mol. The van der Waals surface area contributed by atoms with Crippen LogP contribution in [0.5, 0.6) is 0 Å². The van der Waals surface area contributed by atoms with Crippen LogP contribution in [0.15, 0.2) is 30.3 Å². The third-order valence-electron chi connectivity index (χ3n) is 2.76. The first-order chi connectivity index (χ1) is 7.62. The first kappa shape index (κ1) is 10.7. The predicted octanol–water partition coefficient (Wildman–Crippen LogP) is 1.39. The lowest BCUT2D eigenvalue weighted by Crippen LogP contribution is -2.40. The smallest absolute Gasteiger partial charge is 0.348 e. The van der Waals surface area contributed by atoms with Crippen molar-refractivity contribution in [3.05, 3.63) is 35.9 Å². The maximum Gasteiger partial charge on any atom is 0.348 e. The second-order valence-corrected chi connectivity index (χ2v) is 3.94. The summed E-state index contributed by atoms with van der Waals surface area (Å²) in [5, 5.41) is 9.17. The fourth-order valence-electron chi connectivity index (χ4n) is 1.90. The van der Waals surface area contributed by atoms with Crippen molar-refractivity contribution in [2.24, 2.45) is 0 Å². The van der Waals surface area contributed by atoms with E-state index in [4.69, 9.17) is 9.84 Å². The van der Waals surface area contributed by atoms with E-state index in [1.165, 1.54) is 0 Å². The molecule has 1 aromatic carbocycles. The fourth-order valence-corrected chi connectivity index (χ4v) is 1.90. The van der Waals surface area contributed by atoms with E-state index in [1.807, 2.05) is 30.3 Å². The Morgan fingerprint density at radius 3 is 2.56 bits per heavy atom.